The highest BCUT2D eigenvalue weighted by molar-refractivity contribution is 5.58. The highest BCUT2D eigenvalue weighted by Crippen LogP contribution is 2.40. The van der Waals surface area contributed by atoms with Gasteiger partial charge in [-0.2, -0.15) is 18.2 Å². The number of benzene rings is 1. The predicted octanol–water partition coefficient (Wildman–Crippen LogP) is 5.47. The number of nitrogens with zero attached hydrogens (tertiary/aromatic N) is 2. The van der Waals surface area contributed by atoms with Gasteiger partial charge in [-0.3, -0.25) is 0 Å². The zero-order valence-corrected chi connectivity index (χ0v) is 14.3. The molecule has 4 nitrogen and oxygen atoms in total. The van der Waals surface area contributed by atoms with Crippen LogP contribution in [0.25, 0.3) is 0 Å². The lowest BCUT2D eigenvalue weighted by Gasteiger charge is -2.15. The van der Waals surface area contributed by atoms with Crippen LogP contribution in [-0.2, 0) is 6.18 Å². The van der Waals surface area contributed by atoms with Gasteiger partial charge in [-0.05, 0) is 49.9 Å². The molecular formula is C19H21F3N4. The van der Waals surface area contributed by atoms with Crippen molar-refractivity contribution in [2.24, 2.45) is 0 Å². The van der Waals surface area contributed by atoms with E-state index >= 15 is 0 Å². The molecule has 7 heteroatoms. The second-order valence-electron chi connectivity index (χ2n) is 7.10. The van der Waals surface area contributed by atoms with Gasteiger partial charge >= 0.3 is 6.18 Å². The second-order valence-corrected chi connectivity index (χ2v) is 7.10. The second kappa shape index (κ2) is 6.78. The van der Waals surface area contributed by atoms with E-state index in [1.54, 1.807) is 0 Å². The van der Waals surface area contributed by atoms with Crippen molar-refractivity contribution in [3.8, 4) is 0 Å². The van der Waals surface area contributed by atoms with Gasteiger partial charge in [-0.15, -0.1) is 0 Å². The number of anilines is 3. The predicted molar refractivity (Wildman–Crippen MR) is 94.6 cm³/mol. The molecule has 0 aliphatic heterocycles. The third-order valence-electron chi connectivity index (χ3n) is 4.91. The van der Waals surface area contributed by atoms with Gasteiger partial charge in [-0.25, -0.2) is 4.98 Å². The van der Waals surface area contributed by atoms with Gasteiger partial charge in [-0.1, -0.05) is 12.8 Å². The van der Waals surface area contributed by atoms with E-state index in [2.05, 4.69) is 20.6 Å². The van der Waals surface area contributed by atoms with Crippen molar-refractivity contribution in [1.29, 1.82) is 0 Å². The molecule has 2 N–H and O–H groups in total. The van der Waals surface area contributed by atoms with E-state index < -0.39 is 11.7 Å². The third kappa shape index (κ3) is 4.08. The third-order valence-corrected chi connectivity index (χ3v) is 4.91. The van der Waals surface area contributed by atoms with E-state index in [0.717, 1.165) is 43.5 Å². The maximum absolute atomic E-state index is 12.7. The zero-order valence-electron chi connectivity index (χ0n) is 14.3. The summed E-state index contributed by atoms with van der Waals surface area (Å²) in [6, 6.07) is 7.29. The van der Waals surface area contributed by atoms with Crippen molar-refractivity contribution >= 4 is 17.5 Å². The zero-order chi connectivity index (χ0) is 18.1. The molecule has 2 saturated carbocycles. The number of halogens is 3. The molecule has 0 atom stereocenters. The first kappa shape index (κ1) is 17.1. The first-order valence-corrected chi connectivity index (χ1v) is 9.07. The van der Waals surface area contributed by atoms with Gasteiger partial charge in [0.25, 0.3) is 0 Å². The molecule has 1 aromatic carbocycles. The Morgan fingerprint density at radius 1 is 0.923 bits per heavy atom. The summed E-state index contributed by atoms with van der Waals surface area (Å²) in [6.45, 7) is 0. The molecule has 0 radical (unpaired) electrons. The fourth-order valence-electron chi connectivity index (χ4n) is 3.33. The van der Waals surface area contributed by atoms with Gasteiger partial charge in [0.05, 0.1) is 11.3 Å². The van der Waals surface area contributed by atoms with Crippen LogP contribution < -0.4 is 10.6 Å². The van der Waals surface area contributed by atoms with Gasteiger partial charge in [0.1, 0.15) is 5.82 Å². The van der Waals surface area contributed by atoms with Gasteiger partial charge in [0, 0.05) is 23.7 Å². The molecule has 0 saturated heterocycles. The summed E-state index contributed by atoms with van der Waals surface area (Å²) in [7, 11) is 0. The number of hydrogen-bond acceptors (Lipinski definition) is 4. The Kier molecular flexibility index (Phi) is 4.46. The lowest BCUT2D eigenvalue weighted by Crippen LogP contribution is -2.17. The van der Waals surface area contributed by atoms with Crippen LogP contribution in [0.15, 0.2) is 30.3 Å². The molecule has 2 aliphatic rings. The van der Waals surface area contributed by atoms with Gasteiger partial charge < -0.3 is 10.6 Å². The first-order chi connectivity index (χ1) is 12.5. The summed E-state index contributed by atoms with van der Waals surface area (Å²) in [4.78, 5) is 9.15. The smallest absolute Gasteiger partial charge is 0.351 e. The minimum Gasteiger partial charge on any atom is -0.351 e. The average Bonchev–Trinajstić information content (AvgIpc) is 3.33. The van der Waals surface area contributed by atoms with Gasteiger partial charge in [0.15, 0.2) is 0 Å². The minimum atomic E-state index is -4.33. The quantitative estimate of drug-likeness (QED) is 0.740. The van der Waals surface area contributed by atoms with Crippen molar-refractivity contribution < 1.29 is 13.2 Å². The lowest BCUT2D eigenvalue weighted by atomic mass is 10.2. The molecule has 0 spiro atoms. The van der Waals surface area contributed by atoms with Crippen LogP contribution in [0.4, 0.5) is 30.6 Å². The largest absolute Gasteiger partial charge is 0.416 e. The number of hydrogen-bond donors (Lipinski definition) is 2. The summed E-state index contributed by atoms with van der Waals surface area (Å²) in [5, 5.41) is 6.52. The summed E-state index contributed by atoms with van der Waals surface area (Å²) < 4.78 is 38.1. The molecule has 26 heavy (non-hydrogen) atoms. The summed E-state index contributed by atoms with van der Waals surface area (Å²) in [6.07, 6.45) is 2.61. The van der Waals surface area contributed by atoms with E-state index in [1.807, 2.05) is 6.07 Å². The molecule has 4 rings (SSSR count). The molecular weight excluding hydrogens is 341 g/mol. The lowest BCUT2D eigenvalue weighted by molar-refractivity contribution is -0.137. The molecule has 138 valence electrons. The van der Waals surface area contributed by atoms with Crippen LogP contribution in [-0.4, -0.2) is 16.0 Å². The molecule has 0 amide bonds. The minimum absolute atomic E-state index is 0.406. The Morgan fingerprint density at radius 3 is 2.23 bits per heavy atom. The topological polar surface area (TPSA) is 49.8 Å². The van der Waals surface area contributed by atoms with Crippen LogP contribution in [0, 0.1) is 0 Å². The molecule has 2 fully saturated rings. The van der Waals surface area contributed by atoms with Crippen LogP contribution in [0.1, 0.15) is 55.7 Å². The van der Waals surface area contributed by atoms with Crippen LogP contribution >= 0.6 is 0 Å². The summed E-state index contributed by atoms with van der Waals surface area (Å²) in [5.41, 5.74) is 0.910. The van der Waals surface area contributed by atoms with E-state index in [0.29, 0.717) is 29.4 Å². The number of aromatic nitrogens is 2. The van der Waals surface area contributed by atoms with Crippen molar-refractivity contribution in [2.75, 3.05) is 10.6 Å². The molecule has 1 heterocycles. The average molecular weight is 362 g/mol. The highest BCUT2D eigenvalue weighted by Gasteiger charge is 2.30. The standard InChI is InChI=1S/C19H21F3N4/c20-19(21,22)13-7-9-15(10-8-13)23-17-11-16(12-5-6-12)25-18(26-17)24-14-3-1-2-4-14/h7-12,14H,1-6H2,(H2,23,24,25,26). The Labute approximate surface area is 150 Å². The van der Waals surface area contributed by atoms with Crippen LogP contribution in [0.3, 0.4) is 0 Å². The first-order valence-electron chi connectivity index (χ1n) is 9.07. The Bertz CT molecular complexity index is 763. The van der Waals surface area contributed by atoms with Crippen molar-refractivity contribution in [2.45, 2.75) is 56.7 Å². The van der Waals surface area contributed by atoms with E-state index in [1.165, 1.54) is 25.0 Å². The maximum Gasteiger partial charge on any atom is 0.416 e. The van der Waals surface area contributed by atoms with Crippen molar-refractivity contribution in [1.82, 2.24) is 9.97 Å². The fourth-order valence-corrected chi connectivity index (χ4v) is 3.33. The summed E-state index contributed by atoms with van der Waals surface area (Å²) >= 11 is 0. The van der Waals surface area contributed by atoms with Crippen molar-refractivity contribution in [3.05, 3.63) is 41.6 Å². The Morgan fingerprint density at radius 2 is 1.62 bits per heavy atom. The number of rotatable bonds is 5. The fraction of sp³-hybridized carbons (Fsp3) is 0.474. The SMILES string of the molecule is FC(F)(F)c1ccc(Nc2cc(C3CC3)nc(NC3CCCC3)n2)cc1. The normalized spacial score (nSPS) is 18.1. The monoisotopic (exact) mass is 362 g/mol. The van der Waals surface area contributed by atoms with Crippen molar-refractivity contribution in [3.63, 3.8) is 0 Å². The van der Waals surface area contributed by atoms with E-state index in [9.17, 15) is 13.2 Å². The molecule has 0 bridgehead atoms. The van der Waals surface area contributed by atoms with Crippen LogP contribution in [0.5, 0.6) is 0 Å². The van der Waals surface area contributed by atoms with E-state index in [4.69, 9.17) is 0 Å². The highest BCUT2D eigenvalue weighted by atomic mass is 19.4. The van der Waals surface area contributed by atoms with Crippen LogP contribution in [0.2, 0.25) is 0 Å². The molecule has 2 aromatic rings. The molecule has 2 aliphatic carbocycles. The van der Waals surface area contributed by atoms with Gasteiger partial charge in [0.2, 0.25) is 5.95 Å². The molecule has 1 aromatic heterocycles. The number of nitrogens with one attached hydrogen (secondary N) is 2. The van der Waals surface area contributed by atoms with E-state index in [-0.39, 0.29) is 0 Å². The Hall–Kier alpha value is -2.31. The maximum atomic E-state index is 12.7. The molecule has 0 unspecified atom stereocenters. The summed E-state index contributed by atoms with van der Waals surface area (Å²) in [5.74, 6) is 1.69. The Balaban J connectivity index is 1.53. The number of alkyl halides is 3.